The number of nitrogens with one attached hydrogen (secondary N) is 1. The SMILES string of the molecule is Fc1nc(F)c(F)c(Nc2c(Cl)cccc2Cl)c1F. The molecule has 0 saturated carbocycles. The maximum Gasteiger partial charge on any atom is 0.253 e. The number of halogens is 6. The second-order valence-electron chi connectivity index (χ2n) is 3.42. The molecule has 1 aromatic carbocycles. The molecule has 100 valence electrons. The lowest BCUT2D eigenvalue weighted by Crippen LogP contribution is -2.06. The second-order valence-corrected chi connectivity index (χ2v) is 4.23. The van der Waals surface area contributed by atoms with E-state index in [-0.39, 0.29) is 15.7 Å². The van der Waals surface area contributed by atoms with Crippen LogP contribution in [-0.4, -0.2) is 4.98 Å². The van der Waals surface area contributed by atoms with Gasteiger partial charge in [0.2, 0.25) is 11.6 Å². The summed E-state index contributed by atoms with van der Waals surface area (Å²) in [6.07, 6.45) is 0. The van der Waals surface area contributed by atoms with Gasteiger partial charge in [0, 0.05) is 0 Å². The Kier molecular flexibility index (Phi) is 3.82. The first kappa shape index (κ1) is 13.9. The predicted octanol–water partition coefficient (Wildman–Crippen LogP) is 4.69. The fourth-order valence-electron chi connectivity index (χ4n) is 1.34. The van der Waals surface area contributed by atoms with Gasteiger partial charge in [-0.05, 0) is 12.1 Å². The molecule has 0 bridgehead atoms. The molecule has 0 atom stereocenters. The molecule has 0 unspecified atom stereocenters. The lowest BCUT2D eigenvalue weighted by atomic mass is 10.3. The van der Waals surface area contributed by atoms with Crippen molar-refractivity contribution in [2.45, 2.75) is 0 Å². The summed E-state index contributed by atoms with van der Waals surface area (Å²) in [7, 11) is 0. The first-order valence-electron chi connectivity index (χ1n) is 4.83. The van der Waals surface area contributed by atoms with E-state index >= 15 is 0 Å². The van der Waals surface area contributed by atoms with E-state index in [1.165, 1.54) is 18.2 Å². The van der Waals surface area contributed by atoms with Gasteiger partial charge in [0.25, 0.3) is 11.9 Å². The molecule has 0 radical (unpaired) electrons. The standard InChI is InChI=1S/C11H4Cl2F4N2/c12-4-2-1-3-5(13)8(4)18-9-6(14)10(16)19-11(17)7(9)15/h1-3H,(H,18,19). The van der Waals surface area contributed by atoms with Crippen LogP contribution in [0.5, 0.6) is 0 Å². The molecule has 2 rings (SSSR count). The quantitative estimate of drug-likeness (QED) is 0.643. The van der Waals surface area contributed by atoms with E-state index in [0.29, 0.717) is 0 Å². The van der Waals surface area contributed by atoms with E-state index in [2.05, 4.69) is 10.3 Å². The third-order valence-electron chi connectivity index (χ3n) is 2.21. The Morgan fingerprint density at radius 1 is 0.842 bits per heavy atom. The van der Waals surface area contributed by atoms with Crippen molar-refractivity contribution in [3.63, 3.8) is 0 Å². The van der Waals surface area contributed by atoms with Crippen LogP contribution in [0.4, 0.5) is 28.9 Å². The Morgan fingerprint density at radius 3 is 1.79 bits per heavy atom. The molecule has 2 aromatic rings. The van der Waals surface area contributed by atoms with E-state index in [1.807, 2.05) is 0 Å². The third kappa shape index (κ3) is 2.59. The Morgan fingerprint density at radius 2 is 1.32 bits per heavy atom. The fraction of sp³-hybridized carbons (Fsp3) is 0. The van der Waals surface area contributed by atoms with Gasteiger partial charge in [0.1, 0.15) is 5.69 Å². The van der Waals surface area contributed by atoms with Crippen molar-refractivity contribution in [1.82, 2.24) is 4.98 Å². The van der Waals surface area contributed by atoms with E-state index in [1.54, 1.807) is 0 Å². The molecule has 0 aliphatic carbocycles. The molecule has 1 aromatic heterocycles. The molecule has 0 spiro atoms. The van der Waals surface area contributed by atoms with Crippen LogP contribution in [0.1, 0.15) is 0 Å². The summed E-state index contributed by atoms with van der Waals surface area (Å²) in [5.74, 6) is -6.89. The highest BCUT2D eigenvalue weighted by Gasteiger charge is 2.22. The number of para-hydroxylation sites is 1. The zero-order valence-electron chi connectivity index (χ0n) is 8.95. The van der Waals surface area contributed by atoms with Gasteiger partial charge in [0.15, 0.2) is 0 Å². The summed E-state index contributed by atoms with van der Waals surface area (Å²) in [6.45, 7) is 0. The van der Waals surface area contributed by atoms with Crippen molar-refractivity contribution in [3.05, 3.63) is 51.8 Å². The zero-order chi connectivity index (χ0) is 14.2. The van der Waals surface area contributed by atoms with Gasteiger partial charge >= 0.3 is 0 Å². The average molecular weight is 311 g/mol. The minimum absolute atomic E-state index is 0.0314. The molecule has 0 amide bonds. The lowest BCUT2D eigenvalue weighted by Gasteiger charge is -2.12. The Labute approximate surface area is 115 Å². The highest BCUT2D eigenvalue weighted by Crippen LogP contribution is 2.34. The Balaban J connectivity index is 2.56. The molecule has 2 nitrogen and oxygen atoms in total. The van der Waals surface area contributed by atoms with Crippen LogP contribution in [0.2, 0.25) is 10.0 Å². The summed E-state index contributed by atoms with van der Waals surface area (Å²) >= 11 is 11.5. The number of pyridine rings is 1. The summed E-state index contributed by atoms with van der Waals surface area (Å²) in [6, 6.07) is 4.27. The highest BCUT2D eigenvalue weighted by molar-refractivity contribution is 6.39. The molecular weight excluding hydrogens is 307 g/mol. The second kappa shape index (κ2) is 5.22. The summed E-state index contributed by atoms with van der Waals surface area (Å²) < 4.78 is 52.6. The summed E-state index contributed by atoms with van der Waals surface area (Å²) in [5.41, 5.74) is -1.13. The predicted molar refractivity (Wildman–Crippen MR) is 63.8 cm³/mol. The maximum absolute atomic E-state index is 13.4. The first-order valence-corrected chi connectivity index (χ1v) is 5.58. The van der Waals surface area contributed by atoms with E-state index in [0.717, 1.165) is 0 Å². The van der Waals surface area contributed by atoms with Crippen molar-refractivity contribution < 1.29 is 17.6 Å². The third-order valence-corrected chi connectivity index (χ3v) is 2.84. The van der Waals surface area contributed by atoms with Crippen LogP contribution in [-0.2, 0) is 0 Å². The van der Waals surface area contributed by atoms with E-state index in [9.17, 15) is 17.6 Å². The monoisotopic (exact) mass is 310 g/mol. The summed E-state index contributed by atoms with van der Waals surface area (Å²) in [5, 5.41) is 2.19. The molecule has 0 fully saturated rings. The van der Waals surface area contributed by atoms with Crippen LogP contribution in [0.3, 0.4) is 0 Å². The minimum Gasteiger partial charge on any atom is -0.348 e. The normalized spacial score (nSPS) is 10.6. The Hall–Kier alpha value is -1.53. The molecule has 0 saturated heterocycles. The smallest absolute Gasteiger partial charge is 0.253 e. The van der Waals surface area contributed by atoms with Gasteiger partial charge in [0.05, 0.1) is 15.7 Å². The number of benzene rings is 1. The van der Waals surface area contributed by atoms with Gasteiger partial charge in [-0.3, -0.25) is 0 Å². The van der Waals surface area contributed by atoms with Crippen LogP contribution >= 0.6 is 23.2 Å². The molecule has 1 N–H and O–H groups in total. The number of hydrogen-bond acceptors (Lipinski definition) is 2. The van der Waals surface area contributed by atoms with Crippen molar-refractivity contribution >= 4 is 34.6 Å². The maximum atomic E-state index is 13.4. The minimum atomic E-state index is -1.77. The zero-order valence-corrected chi connectivity index (χ0v) is 10.5. The molecule has 1 heterocycles. The van der Waals surface area contributed by atoms with Gasteiger partial charge < -0.3 is 5.32 Å². The number of hydrogen-bond donors (Lipinski definition) is 1. The molecule has 0 aliphatic heterocycles. The first-order chi connectivity index (χ1) is 8.91. The van der Waals surface area contributed by atoms with Crippen molar-refractivity contribution in [3.8, 4) is 0 Å². The van der Waals surface area contributed by atoms with E-state index < -0.39 is 29.2 Å². The van der Waals surface area contributed by atoms with Gasteiger partial charge in [-0.1, -0.05) is 29.3 Å². The Bertz CT molecular complexity index is 603. The number of rotatable bonds is 2. The molecule has 8 heteroatoms. The number of nitrogens with zero attached hydrogens (tertiary/aromatic N) is 1. The van der Waals surface area contributed by atoms with Crippen LogP contribution < -0.4 is 5.32 Å². The van der Waals surface area contributed by atoms with Crippen LogP contribution in [0, 0.1) is 23.5 Å². The van der Waals surface area contributed by atoms with Crippen molar-refractivity contribution in [1.29, 1.82) is 0 Å². The van der Waals surface area contributed by atoms with Gasteiger partial charge in [-0.2, -0.15) is 22.5 Å². The highest BCUT2D eigenvalue weighted by atomic mass is 35.5. The van der Waals surface area contributed by atoms with Crippen molar-refractivity contribution in [2.24, 2.45) is 0 Å². The average Bonchev–Trinajstić information content (AvgIpc) is 2.35. The van der Waals surface area contributed by atoms with E-state index in [4.69, 9.17) is 23.2 Å². The number of anilines is 2. The topological polar surface area (TPSA) is 24.9 Å². The fourth-order valence-corrected chi connectivity index (χ4v) is 1.83. The van der Waals surface area contributed by atoms with Crippen molar-refractivity contribution in [2.75, 3.05) is 5.32 Å². The van der Waals surface area contributed by atoms with Gasteiger partial charge in [-0.15, -0.1) is 0 Å². The van der Waals surface area contributed by atoms with Crippen LogP contribution in [0.15, 0.2) is 18.2 Å². The van der Waals surface area contributed by atoms with Crippen LogP contribution in [0.25, 0.3) is 0 Å². The molecule has 19 heavy (non-hydrogen) atoms. The lowest BCUT2D eigenvalue weighted by molar-refractivity contribution is 0.411. The molecule has 0 aliphatic rings. The summed E-state index contributed by atoms with van der Waals surface area (Å²) in [4.78, 5) is 2.43. The number of aromatic nitrogens is 1. The largest absolute Gasteiger partial charge is 0.348 e. The molecular formula is C11H4Cl2F4N2. The van der Waals surface area contributed by atoms with Gasteiger partial charge in [-0.25, -0.2) is 0 Å².